The zero-order valence-electron chi connectivity index (χ0n) is 18.0. The molecule has 0 radical (unpaired) electrons. The van der Waals surface area contributed by atoms with Gasteiger partial charge in [-0.2, -0.15) is 4.31 Å². The molecule has 2 aliphatic rings. The molecule has 170 valence electrons. The predicted molar refractivity (Wildman–Crippen MR) is 121 cm³/mol. The van der Waals surface area contributed by atoms with Gasteiger partial charge in [-0.1, -0.05) is 25.1 Å². The molecule has 9 heteroatoms. The van der Waals surface area contributed by atoms with Crippen molar-refractivity contribution in [1.29, 1.82) is 0 Å². The molecule has 8 nitrogen and oxygen atoms in total. The van der Waals surface area contributed by atoms with E-state index in [0.29, 0.717) is 38.5 Å². The maximum Gasteiger partial charge on any atom is 0.243 e. The number of hydrogen-bond acceptors (Lipinski definition) is 5. The summed E-state index contributed by atoms with van der Waals surface area (Å²) in [4.78, 5) is 27.2. The highest BCUT2D eigenvalue weighted by atomic mass is 32.2. The van der Waals surface area contributed by atoms with Gasteiger partial charge in [-0.3, -0.25) is 9.59 Å². The molecule has 2 fully saturated rings. The summed E-state index contributed by atoms with van der Waals surface area (Å²) in [5.41, 5.74) is 2.31. The molecule has 1 atom stereocenters. The van der Waals surface area contributed by atoms with Crippen molar-refractivity contribution in [3.8, 4) is 0 Å². The molecule has 0 aromatic heterocycles. The average Bonchev–Trinajstić information content (AvgIpc) is 3.21. The first-order chi connectivity index (χ1) is 15.4. The molecule has 0 spiro atoms. The van der Waals surface area contributed by atoms with Gasteiger partial charge in [0.2, 0.25) is 21.8 Å². The van der Waals surface area contributed by atoms with Crippen LogP contribution in [0.25, 0.3) is 0 Å². The van der Waals surface area contributed by atoms with Gasteiger partial charge in [0.05, 0.1) is 24.0 Å². The molecule has 0 bridgehead atoms. The van der Waals surface area contributed by atoms with Crippen LogP contribution in [-0.4, -0.2) is 57.4 Å². The largest absolute Gasteiger partial charge is 0.379 e. The molecular formula is C23H27N3O5S. The van der Waals surface area contributed by atoms with Gasteiger partial charge in [-0.05, 0) is 42.3 Å². The first kappa shape index (κ1) is 22.4. The summed E-state index contributed by atoms with van der Waals surface area (Å²) >= 11 is 0. The predicted octanol–water partition coefficient (Wildman–Crippen LogP) is 2.26. The van der Waals surface area contributed by atoms with Crippen LogP contribution in [-0.2, 0) is 30.8 Å². The quantitative estimate of drug-likeness (QED) is 0.718. The molecule has 2 aliphatic heterocycles. The summed E-state index contributed by atoms with van der Waals surface area (Å²) in [6.45, 7) is 3.68. The van der Waals surface area contributed by atoms with Crippen molar-refractivity contribution in [3.05, 3.63) is 54.1 Å². The Morgan fingerprint density at radius 2 is 1.88 bits per heavy atom. The Kier molecular flexibility index (Phi) is 6.59. The fourth-order valence-corrected chi connectivity index (χ4v) is 5.45. The van der Waals surface area contributed by atoms with Crippen molar-refractivity contribution < 1.29 is 22.7 Å². The van der Waals surface area contributed by atoms with Crippen LogP contribution in [0, 0.1) is 5.92 Å². The third-order valence-electron chi connectivity index (χ3n) is 5.84. The lowest BCUT2D eigenvalue weighted by molar-refractivity contribution is -0.122. The number of amides is 2. The number of anilines is 2. The van der Waals surface area contributed by atoms with Crippen LogP contribution in [0.4, 0.5) is 11.4 Å². The number of rotatable bonds is 6. The molecule has 2 aromatic rings. The van der Waals surface area contributed by atoms with Crippen molar-refractivity contribution in [2.24, 2.45) is 5.92 Å². The fourth-order valence-electron chi connectivity index (χ4n) is 3.99. The van der Waals surface area contributed by atoms with E-state index >= 15 is 0 Å². The summed E-state index contributed by atoms with van der Waals surface area (Å²) in [5, 5.41) is 2.79. The van der Waals surface area contributed by atoms with Gasteiger partial charge in [-0.25, -0.2) is 8.42 Å². The second-order valence-corrected chi connectivity index (χ2v) is 9.90. The standard InChI is InChI=1S/C23H27N3O5S/c1-2-17-5-3-7-20(13-17)26-16-18(14-22(26)27)23(28)24-19-6-4-8-21(15-19)32(29,30)25-9-11-31-12-10-25/h3-8,13,15,18H,2,9-12,14,16H2,1H3,(H,24,28)/t18-/m1/s1. The van der Waals surface area contributed by atoms with Crippen molar-refractivity contribution >= 4 is 33.2 Å². The number of sulfonamides is 1. The smallest absolute Gasteiger partial charge is 0.243 e. The van der Waals surface area contributed by atoms with Crippen LogP contribution in [0.5, 0.6) is 0 Å². The summed E-state index contributed by atoms with van der Waals surface area (Å²) in [5.74, 6) is -0.900. The summed E-state index contributed by atoms with van der Waals surface area (Å²) in [7, 11) is -3.66. The highest BCUT2D eigenvalue weighted by Gasteiger charge is 2.35. The van der Waals surface area contributed by atoms with Crippen molar-refractivity contribution in [2.75, 3.05) is 43.1 Å². The highest BCUT2D eigenvalue weighted by molar-refractivity contribution is 7.89. The van der Waals surface area contributed by atoms with Crippen LogP contribution in [0.15, 0.2) is 53.4 Å². The maximum atomic E-state index is 12.9. The SMILES string of the molecule is CCc1cccc(N2C[C@H](C(=O)Nc3cccc(S(=O)(=O)N4CCOCC4)c3)CC2=O)c1. The number of ether oxygens (including phenoxy) is 1. The number of morpholine rings is 1. The molecule has 1 N–H and O–H groups in total. The molecule has 2 heterocycles. The van der Waals surface area contributed by atoms with Gasteiger partial charge in [0, 0.05) is 37.4 Å². The molecule has 4 rings (SSSR count). The number of carbonyl (C=O) groups excluding carboxylic acids is 2. The molecule has 0 aliphatic carbocycles. The third-order valence-corrected chi connectivity index (χ3v) is 7.73. The zero-order valence-corrected chi connectivity index (χ0v) is 18.8. The summed E-state index contributed by atoms with van der Waals surface area (Å²) in [6.07, 6.45) is 0.984. The number of hydrogen-bond donors (Lipinski definition) is 1. The van der Waals surface area contributed by atoms with Crippen LogP contribution in [0.1, 0.15) is 18.9 Å². The Morgan fingerprint density at radius 3 is 2.62 bits per heavy atom. The molecule has 2 amide bonds. The normalized spacial score (nSPS) is 19.8. The molecule has 0 unspecified atom stereocenters. The van der Waals surface area contributed by atoms with Crippen LogP contribution in [0.3, 0.4) is 0 Å². The van der Waals surface area contributed by atoms with Gasteiger partial charge < -0.3 is 15.0 Å². The van der Waals surface area contributed by atoms with Crippen molar-refractivity contribution in [2.45, 2.75) is 24.7 Å². The third kappa shape index (κ3) is 4.69. The van der Waals surface area contributed by atoms with Gasteiger partial charge >= 0.3 is 0 Å². The monoisotopic (exact) mass is 457 g/mol. The minimum absolute atomic E-state index is 0.0953. The van der Waals surface area contributed by atoms with E-state index in [0.717, 1.165) is 17.7 Å². The molecular weight excluding hydrogens is 430 g/mol. The molecule has 0 saturated carbocycles. The van der Waals surface area contributed by atoms with Gasteiger partial charge in [0.15, 0.2) is 0 Å². The number of aryl methyl sites for hydroxylation is 1. The van der Waals surface area contributed by atoms with Gasteiger partial charge in [0.1, 0.15) is 0 Å². The Hall–Kier alpha value is -2.75. The van der Waals surface area contributed by atoms with E-state index in [4.69, 9.17) is 4.74 Å². The second-order valence-electron chi connectivity index (χ2n) is 7.96. The van der Waals surface area contributed by atoms with Crippen LogP contribution >= 0.6 is 0 Å². The average molecular weight is 458 g/mol. The van der Waals surface area contributed by atoms with E-state index in [9.17, 15) is 18.0 Å². The second kappa shape index (κ2) is 9.40. The Bertz CT molecular complexity index is 1110. The lowest BCUT2D eigenvalue weighted by Crippen LogP contribution is -2.40. The van der Waals surface area contributed by atoms with E-state index in [-0.39, 0.29) is 23.1 Å². The van der Waals surface area contributed by atoms with E-state index in [1.807, 2.05) is 24.3 Å². The number of nitrogens with one attached hydrogen (secondary N) is 1. The number of carbonyl (C=O) groups is 2. The van der Waals surface area contributed by atoms with E-state index in [2.05, 4.69) is 12.2 Å². The van der Waals surface area contributed by atoms with Crippen LogP contribution in [0.2, 0.25) is 0 Å². The number of benzene rings is 2. The van der Waals surface area contributed by atoms with E-state index in [1.54, 1.807) is 17.0 Å². The first-order valence-electron chi connectivity index (χ1n) is 10.8. The van der Waals surface area contributed by atoms with Crippen LogP contribution < -0.4 is 10.2 Å². The minimum atomic E-state index is -3.66. The highest BCUT2D eigenvalue weighted by Crippen LogP contribution is 2.27. The Balaban J connectivity index is 1.45. The number of nitrogens with zero attached hydrogens (tertiary/aromatic N) is 2. The molecule has 2 saturated heterocycles. The lowest BCUT2D eigenvalue weighted by atomic mass is 10.1. The Labute approximate surface area is 188 Å². The Morgan fingerprint density at radius 1 is 1.12 bits per heavy atom. The topological polar surface area (TPSA) is 96.0 Å². The van der Waals surface area contributed by atoms with Gasteiger partial charge in [0.25, 0.3) is 0 Å². The van der Waals surface area contributed by atoms with E-state index < -0.39 is 15.9 Å². The van der Waals surface area contributed by atoms with Gasteiger partial charge in [-0.15, -0.1) is 0 Å². The lowest BCUT2D eigenvalue weighted by Gasteiger charge is -2.26. The minimum Gasteiger partial charge on any atom is -0.379 e. The summed E-state index contributed by atoms with van der Waals surface area (Å²) in [6, 6.07) is 14.0. The van der Waals surface area contributed by atoms with Crippen molar-refractivity contribution in [1.82, 2.24) is 4.31 Å². The molecule has 2 aromatic carbocycles. The molecule has 32 heavy (non-hydrogen) atoms. The maximum absolute atomic E-state index is 12.9. The van der Waals surface area contributed by atoms with E-state index in [1.165, 1.54) is 16.4 Å². The van der Waals surface area contributed by atoms with Crippen molar-refractivity contribution in [3.63, 3.8) is 0 Å². The zero-order chi connectivity index (χ0) is 22.7. The first-order valence-corrected chi connectivity index (χ1v) is 12.2. The fraction of sp³-hybridized carbons (Fsp3) is 0.391. The summed E-state index contributed by atoms with van der Waals surface area (Å²) < 4.78 is 32.4.